The van der Waals surface area contributed by atoms with Crippen LogP contribution in [0.1, 0.15) is 207 Å². The van der Waals surface area contributed by atoms with Gasteiger partial charge in [0.1, 0.15) is 51.5 Å². The average Bonchev–Trinajstić information content (AvgIpc) is 0.834. The van der Waals surface area contributed by atoms with E-state index in [-0.39, 0.29) is 85.6 Å². The number of ether oxygens (including phenoxy) is 5. The van der Waals surface area contributed by atoms with Crippen LogP contribution in [0.5, 0.6) is 17.2 Å². The summed E-state index contributed by atoms with van der Waals surface area (Å²) in [5, 5.41) is 34.0. The molecule has 0 saturated heterocycles. The number of hydrogen-bond acceptors (Lipinski definition) is 11. The van der Waals surface area contributed by atoms with Crippen molar-refractivity contribution >= 4 is 88.9 Å². The predicted octanol–water partition coefficient (Wildman–Crippen LogP) is 16.3. The lowest BCUT2D eigenvalue weighted by Crippen LogP contribution is -2.35. The fourth-order valence-electron chi connectivity index (χ4n) is 11.4. The van der Waals surface area contributed by atoms with Gasteiger partial charge in [-0.1, -0.05) is 83.1 Å². The van der Waals surface area contributed by atoms with Crippen molar-refractivity contribution in [1.29, 1.82) is 0 Å². The van der Waals surface area contributed by atoms with Crippen LogP contribution in [0.25, 0.3) is 0 Å². The van der Waals surface area contributed by atoms with Gasteiger partial charge in [-0.05, 0) is 195 Å². The van der Waals surface area contributed by atoms with Crippen LogP contribution in [0.15, 0.2) is 55.9 Å². The molecular formula is C64H73Br3F4N2O13. The number of phenolic OH excluding ortho intramolecular Hbond substituents is 1. The quantitative estimate of drug-likeness (QED) is 0.0422. The smallest absolute Gasteiger partial charge is 0.343 e. The van der Waals surface area contributed by atoms with Crippen LogP contribution in [-0.2, 0) is 46.7 Å². The molecule has 0 spiro atoms. The third-order valence-corrected chi connectivity index (χ3v) is 18.9. The van der Waals surface area contributed by atoms with E-state index in [9.17, 15) is 51.7 Å². The van der Waals surface area contributed by atoms with Crippen molar-refractivity contribution in [3.8, 4) is 17.2 Å². The molecule has 0 radical (unpaired) electrons. The summed E-state index contributed by atoms with van der Waals surface area (Å²) in [5.41, 5.74) is 3.15. The molecule has 5 aromatic rings. The van der Waals surface area contributed by atoms with Gasteiger partial charge in [0.05, 0.1) is 31.7 Å². The van der Waals surface area contributed by atoms with Gasteiger partial charge in [-0.3, -0.25) is 9.59 Å². The van der Waals surface area contributed by atoms with Crippen molar-refractivity contribution in [2.75, 3.05) is 45.5 Å². The molecule has 5 N–H and O–H groups in total. The Morgan fingerprint density at radius 2 is 0.779 bits per heavy atom. The molecule has 5 aromatic carbocycles. The summed E-state index contributed by atoms with van der Waals surface area (Å²) in [6.07, 6.45) is 5.73. The molecule has 0 fully saturated rings. The van der Waals surface area contributed by atoms with Crippen LogP contribution in [0.2, 0.25) is 0 Å². The molecule has 8 rings (SSSR count). The van der Waals surface area contributed by atoms with Gasteiger partial charge in [0.2, 0.25) is 0 Å². The molecule has 466 valence electrons. The first kappa shape index (κ1) is 69.0. The molecule has 3 aliphatic rings. The Morgan fingerprint density at radius 1 is 0.465 bits per heavy atom. The number of nitrogens with one attached hydrogen (secondary N) is 2. The lowest BCUT2D eigenvalue weighted by molar-refractivity contribution is 0.0474. The van der Waals surface area contributed by atoms with Crippen LogP contribution < -0.4 is 20.1 Å². The Balaban J connectivity index is 0.000000211. The minimum absolute atomic E-state index is 0.0154. The number of phenols is 1. The summed E-state index contributed by atoms with van der Waals surface area (Å²) in [7, 11) is 4.00. The number of carboxylic acids is 2. The van der Waals surface area contributed by atoms with Gasteiger partial charge in [-0.25, -0.2) is 31.9 Å². The van der Waals surface area contributed by atoms with Crippen molar-refractivity contribution in [2.45, 2.75) is 154 Å². The summed E-state index contributed by atoms with van der Waals surface area (Å²) < 4.78 is 84.2. The number of carbonyl (C=O) groups excluding carboxylic acids is 3. The summed E-state index contributed by atoms with van der Waals surface area (Å²) in [4.78, 5) is 60.3. The van der Waals surface area contributed by atoms with E-state index in [1.54, 1.807) is 18.2 Å². The maximum Gasteiger partial charge on any atom is 0.343 e. The normalized spacial score (nSPS) is 16.9. The molecule has 15 nitrogen and oxygen atoms in total. The number of esters is 1. The minimum atomic E-state index is -1.75. The lowest BCUT2D eigenvalue weighted by Gasteiger charge is -2.43. The van der Waals surface area contributed by atoms with E-state index in [1.165, 1.54) is 14.2 Å². The third-order valence-electron chi connectivity index (χ3n) is 16.6. The second-order valence-electron chi connectivity index (χ2n) is 25.5. The summed E-state index contributed by atoms with van der Waals surface area (Å²) >= 11 is 10.7. The van der Waals surface area contributed by atoms with Crippen molar-refractivity contribution in [1.82, 2.24) is 0 Å². The van der Waals surface area contributed by atoms with E-state index in [0.717, 1.165) is 108 Å². The molecule has 0 saturated carbocycles. The number of amides is 2. The molecule has 0 aliphatic heterocycles. The van der Waals surface area contributed by atoms with Gasteiger partial charge >= 0.3 is 17.9 Å². The number of halogens is 7. The molecular weight excluding hydrogens is 1320 g/mol. The monoisotopic (exact) mass is 1390 g/mol. The minimum Gasteiger partial charge on any atom is -0.506 e. The first-order chi connectivity index (χ1) is 39.7. The zero-order valence-corrected chi connectivity index (χ0v) is 55.5. The van der Waals surface area contributed by atoms with Crippen LogP contribution in [-0.4, -0.2) is 80.0 Å². The van der Waals surface area contributed by atoms with Crippen molar-refractivity contribution in [2.24, 2.45) is 0 Å². The first-order valence-electron chi connectivity index (χ1n) is 27.4. The molecule has 86 heavy (non-hydrogen) atoms. The number of aromatic hydroxyl groups is 1. The predicted molar refractivity (Wildman–Crippen MR) is 329 cm³/mol. The van der Waals surface area contributed by atoms with Gasteiger partial charge in [-0.2, -0.15) is 0 Å². The number of anilines is 2. The second kappa shape index (κ2) is 25.9. The van der Waals surface area contributed by atoms with E-state index < -0.39 is 64.1 Å². The van der Waals surface area contributed by atoms with E-state index in [1.807, 2.05) is 0 Å². The Labute approximate surface area is 523 Å². The summed E-state index contributed by atoms with van der Waals surface area (Å²) in [6, 6.07) is 8.34. The Kier molecular flexibility index (Phi) is 20.8. The zero-order chi connectivity index (χ0) is 64.7. The second-order valence-corrected chi connectivity index (χ2v) is 27.9. The number of hydrogen-bond donors (Lipinski definition) is 5. The van der Waals surface area contributed by atoms with Crippen LogP contribution >= 0.6 is 47.8 Å². The molecule has 0 heterocycles. The molecule has 0 aromatic heterocycles. The molecule has 22 heteroatoms. The Bertz CT molecular complexity index is 3500. The topological polar surface area (TPSA) is 216 Å². The number of fused-ring (bicyclic) bond motifs is 3. The highest BCUT2D eigenvalue weighted by Gasteiger charge is 2.44. The summed E-state index contributed by atoms with van der Waals surface area (Å²) in [5.74, 6) is -9.83. The van der Waals surface area contributed by atoms with Crippen LogP contribution in [0, 0.1) is 23.3 Å². The Hall–Kier alpha value is -6.07. The number of carboxylic acid groups (broad SMARTS) is 2. The number of aromatic carboxylic acids is 2. The van der Waals surface area contributed by atoms with Crippen LogP contribution in [0.4, 0.5) is 28.9 Å². The molecule has 2 amide bonds. The van der Waals surface area contributed by atoms with E-state index in [0.29, 0.717) is 14.7 Å². The largest absolute Gasteiger partial charge is 0.506 e. The molecule has 3 aliphatic carbocycles. The van der Waals surface area contributed by atoms with Crippen molar-refractivity contribution in [3.05, 3.63) is 140 Å². The van der Waals surface area contributed by atoms with Gasteiger partial charge < -0.3 is 49.6 Å². The van der Waals surface area contributed by atoms with Gasteiger partial charge in [-0.15, -0.1) is 0 Å². The lowest BCUT2D eigenvalue weighted by atomic mass is 9.63. The van der Waals surface area contributed by atoms with Gasteiger partial charge in [0, 0.05) is 25.6 Å². The molecule has 0 bridgehead atoms. The third kappa shape index (κ3) is 14.1. The Morgan fingerprint density at radius 3 is 1.13 bits per heavy atom. The van der Waals surface area contributed by atoms with Gasteiger partial charge in [0.25, 0.3) is 11.8 Å². The van der Waals surface area contributed by atoms with Crippen molar-refractivity contribution in [3.63, 3.8) is 0 Å². The van der Waals surface area contributed by atoms with Gasteiger partial charge in [0.15, 0.2) is 19.3 Å². The number of rotatable bonds is 13. The summed E-state index contributed by atoms with van der Waals surface area (Å²) in [6.45, 7) is 25.4. The average molecular weight is 1390 g/mol. The highest BCUT2D eigenvalue weighted by Crippen LogP contribution is 2.55. The zero-order valence-electron chi connectivity index (χ0n) is 50.8. The fraction of sp³-hybridized carbons (Fsp3) is 0.453. The standard InChI is InChI=1S/C25H28BrF2NO5.C22H22BrF2NO4.C17H23BrO4/c1-24(2)7-8-25(3,4)19-15(24)11-14(21(20(19)26)34-12-32-5)22(30)29-13-9-16(27)18(17(28)10-13)23(31)33-6;1-21(2)5-6-22(3,4)16-12(21)9-11(18(27)17(16)23)19(28)26-10-7-13(24)15(20(29)30)14(25)8-10;1-16(2)6-7-17(3,4)12-11(16)8-10(15(19)20)14(13(12)18)22-9-21-5/h9-11H,7-8,12H2,1-6H3,(H,29,30);7-9,27H,5-6H2,1-4H3,(H,26,28)(H,29,30);8H,6-7,9H2,1-5H3,(H,19,20). The van der Waals surface area contributed by atoms with E-state index in [2.05, 4.69) is 146 Å². The highest BCUT2D eigenvalue weighted by molar-refractivity contribution is 9.11. The van der Waals surface area contributed by atoms with Crippen molar-refractivity contribution < 1.29 is 80.5 Å². The number of carbonyl (C=O) groups is 5. The first-order valence-corrected chi connectivity index (χ1v) is 29.8. The molecule has 0 atom stereocenters. The highest BCUT2D eigenvalue weighted by atomic mass is 79.9. The fourth-order valence-corrected chi connectivity index (χ4v) is 14.5. The molecule has 0 unspecified atom stereocenters. The number of methoxy groups -OCH3 is 3. The maximum atomic E-state index is 14.4. The maximum absolute atomic E-state index is 14.4. The van der Waals surface area contributed by atoms with E-state index in [4.69, 9.17) is 24.1 Å². The van der Waals surface area contributed by atoms with E-state index >= 15 is 0 Å². The van der Waals surface area contributed by atoms with Crippen LogP contribution in [0.3, 0.4) is 0 Å². The SMILES string of the molecule is CC1(C)CCC(C)(C)c2c1cc(C(=O)Nc1cc(F)c(C(=O)O)c(F)c1)c(O)c2Br.COCOc1c(C(=O)Nc2cc(F)c(C(=O)OC)c(F)c2)cc2c(c1Br)C(C)(C)CCC2(C)C.COCOc1c(C(=O)O)cc2c(c1Br)C(C)(C)CCC2(C)C. The number of benzene rings is 5.